The molecule has 0 spiro atoms. The van der Waals surface area contributed by atoms with E-state index in [1.54, 1.807) is 12.1 Å². The summed E-state index contributed by atoms with van der Waals surface area (Å²) in [5.74, 6) is -1.44. The zero-order chi connectivity index (χ0) is 20.7. The number of carbonyl (C=O) groups excluding carboxylic acids is 3. The summed E-state index contributed by atoms with van der Waals surface area (Å²) in [6.45, 7) is 1.33. The first-order valence-corrected chi connectivity index (χ1v) is 10.6. The number of rotatable bonds is 7. The number of benzene rings is 1. The van der Waals surface area contributed by atoms with Gasteiger partial charge in [-0.15, -0.1) is 0 Å². The maximum Gasteiger partial charge on any atom is 0.310 e. The molecule has 0 bridgehead atoms. The van der Waals surface area contributed by atoms with E-state index >= 15 is 0 Å². The maximum atomic E-state index is 11.9. The number of amides is 2. The first-order chi connectivity index (χ1) is 13.2. The molecule has 0 radical (unpaired) electrons. The Hall–Kier alpha value is -2.62. The third-order valence-corrected chi connectivity index (χ3v) is 6.11. The predicted octanol–water partition coefficient (Wildman–Crippen LogP) is 0.0615. The molecule has 0 aliphatic carbocycles. The third-order valence-electron chi connectivity index (χ3n) is 4.28. The zero-order valence-corrected chi connectivity index (χ0v) is 16.6. The third kappa shape index (κ3) is 6.84. The minimum atomic E-state index is -3.06. The van der Waals surface area contributed by atoms with Crippen LogP contribution in [0.15, 0.2) is 18.2 Å². The topological polar surface area (TPSA) is 128 Å². The van der Waals surface area contributed by atoms with E-state index < -0.39 is 34.2 Å². The first-order valence-electron chi connectivity index (χ1n) is 8.76. The van der Waals surface area contributed by atoms with E-state index in [0.717, 1.165) is 5.56 Å². The van der Waals surface area contributed by atoms with Gasteiger partial charge in [-0.3, -0.25) is 25.2 Å². The molecule has 1 fully saturated rings. The highest BCUT2D eigenvalue weighted by Crippen LogP contribution is 2.21. The van der Waals surface area contributed by atoms with Gasteiger partial charge in [0, 0.05) is 12.0 Å². The Bertz CT molecular complexity index is 851. The first kappa shape index (κ1) is 21.7. The number of hydrogen-bond donors (Lipinski definition) is 2. The van der Waals surface area contributed by atoms with Crippen molar-refractivity contribution in [3.63, 3.8) is 0 Å². The van der Waals surface area contributed by atoms with Gasteiger partial charge in [-0.05, 0) is 25.3 Å². The molecule has 1 heterocycles. The van der Waals surface area contributed by atoms with E-state index in [2.05, 4.69) is 10.9 Å². The molecule has 1 aromatic rings. The van der Waals surface area contributed by atoms with Gasteiger partial charge >= 0.3 is 5.97 Å². The zero-order valence-electron chi connectivity index (χ0n) is 15.8. The molecule has 0 saturated carbocycles. The summed E-state index contributed by atoms with van der Waals surface area (Å²) >= 11 is 0. The lowest BCUT2D eigenvalue weighted by Crippen LogP contribution is -2.44. The number of hydrogen-bond acceptors (Lipinski definition) is 7. The Morgan fingerprint density at radius 3 is 2.54 bits per heavy atom. The smallest absolute Gasteiger partial charge is 0.310 e. The monoisotopic (exact) mass is 412 g/mol. The van der Waals surface area contributed by atoms with Crippen LogP contribution in [0.1, 0.15) is 24.0 Å². The molecule has 2 rings (SSSR count). The van der Waals surface area contributed by atoms with Crippen molar-refractivity contribution in [1.82, 2.24) is 10.9 Å². The fourth-order valence-corrected chi connectivity index (χ4v) is 4.78. The van der Waals surface area contributed by atoms with Crippen LogP contribution in [-0.4, -0.2) is 51.4 Å². The molecular weight excluding hydrogens is 388 g/mol. The van der Waals surface area contributed by atoms with E-state index in [9.17, 15) is 22.8 Å². The van der Waals surface area contributed by atoms with E-state index in [1.807, 2.05) is 13.0 Å². The largest absolute Gasteiger partial charge is 0.496 e. The Kier molecular flexibility index (Phi) is 7.38. The molecule has 1 aromatic carbocycles. The van der Waals surface area contributed by atoms with Crippen LogP contribution < -0.4 is 15.6 Å². The number of hydrazine groups is 1. The number of esters is 1. The van der Waals surface area contributed by atoms with Gasteiger partial charge < -0.3 is 9.47 Å². The van der Waals surface area contributed by atoms with E-state index in [1.165, 1.54) is 7.11 Å². The molecule has 2 N–H and O–H groups in total. The van der Waals surface area contributed by atoms with Crippen molar-refractivity contribution in [3.8, 4) is 5.75 Å². The van der Waals surface area contributed by atoms with Crippen LogP contribution in [0.2, 0.25) is 0 Å². The van der Waals surface area contributed by atoms with Gasteiger partial charge in [-0.1, -0.05) is 17.7 Å². The standard InChI is InChI=1S/C18H24N2O7S/c1-12-3-4-15(26-2)14(7-12)9-18(23)27-10-17(22)20-19-16(21)8-13-5-6-28(24,25)11-13/h3-4,7,13H,5-6,8-11H2,1-2H3,(H,19,21)(H,20,22)/t13-/m0/s1. The van der Waals surface area contributed by atoms with Crippen molar-refractivity contribution in [2.45, 2.75) is 26.2 Å². The Morgan fingerprint density at radius 2 is 1.89 bits per heavy atom. The Labute approximate surface area is 163 Å². The molecule has 1 saturated heterocycles. The molecule has 1 aliphatic rings. The lowest BCUT2D eigenvalue weighted by Gasteiger charge is -2.11. The second-order valence-electron chi connectivity index (χ2n) is 6.72. The van der Waals surface area contributed by atoms with Crippen LogP contribution >= 0.6 is 0 Å². The molecule has 154 valence electrons. The van der Waals surface area contributed by atoms with Gasteiger partial charge in [0.1, 0.15) is 5.75 Å². The fourth-order valence-electron chi connectivity index (χ4n) is 2.92. The summed E-state index contributed by atoms with van der Waals surface area (Å²) < 4.78 is 32.8. The van der Waals surface area contributed by atoms with Crippen molar-refractivity contribution < 1.29 is 32.3 Å². The molecule has 0 aromatic heterocycles. The predicted molar refractivity (Wildman–Crippen MR) is 100 cm³/mol. The SMILES string of the molecule is COc1ccc(C)cc1CC(=O)OCC(=O)NNC(=O)C[C@@H]1CCS(=O)(=O)C1. The van der Waals surface area contributed by atoms with Crippen LogP contribution in [0.5, 0.6) is 5.75 Å². The molecule has 2 amide bonds. The van der Waals surface area contributed by atoms with E-state index in [0.29, 0.717) is 17.7 Å². The van der Waals surface area contributed by atoms with Gasteiger partial charge in [0.05, 0.1) is 25.0 Å². The minimum absolute atomic E-state index is 0.00640. The Morgan fingerprint density at radius 1 is 1.18 bits per heavy atom. The molecular formula is C18H24N2O7S. The highest BCUT2D eigenvalue weighted by molar-refractivity contribution is 7.91. The van der Waals surface area contributed by atoms with Gasteiger partial charge in [0.2, 0.25) is 5.91 Å². The van der Waals surface area contributed by atoms with E-state index in [4.69, 9.17) is 9.47 Å². The highest BCUT2D eigenvalue weighted by atomic mass is 32.2. The fraction of sp³-hybridized carbons (Fsp3) is 0.500. The number of nitrogens with one attached hydrogen (secondary N) is 2. The van der Waals surface area contributed by atoms with Crippen LogP contribution in [0.3, 0.4) is 0 Å². The van der Waals surface area contributed by atoms with Crippen molar-refractivity contribution in [2.24, 2.45) is 5.92 Å². The highest BCUT2D eigenvalue weighted by Gasteiger charge is 2.29. The van der Waals surface area contributed by atoms with Gasteiger partial charge in [-0.25, -0.2) is 8.42 Å². The quantitative estimate of drug-likeness (QED) is 0.479. The van der Waals surface area contributed by atoms with Gasteiger partial charge in [-0.2, -0.15) is 0 Å². The number of aryl methyl sites for hydroxylation is 1. The number of sulfone groups is 1. The molecule has 0 unspecified atom stereocenters. The lowest BCUT2D eigenvalue weighted by molar-refractivity contribution is -0.148. The average molecular weight is 412 g/mol. The average Bonchev–Trinajstić information content (AvgIpc) is 2.96. The minimum Gasteiger partial charge on any atom is -0.496 e. The van der Waals surface area contributed by atoms with Crippen molar-refractivity contribution >= 4 is 27.6 Å². The second-order valence-corrected chi connectivity index (χ2v) is 8.95. The summed E-state index contributed by atoms with van der Waals surface area (Å²) in [6, 6.07) is 5.39. The summed E-state index contributed by atoms with van der Waals surface area (Å²) in [7, 11) is -1.56. The van der Waals surface area contributed by atoms with Crippen LogP contribution in [0, 0.1) is 12.8 Å². The summed E-state index contributed by atoms with van der Waals surface area (Å²) in [5.41, 5.74) is 5.93. The summed E-state index contributed by atoms with van der Waals surface area (Å²) in [4.78, 5) is 35.4. The number of carbonyl (C=O) groups is 3. The van der Waals surface area contributed by atoms with Crippen LogP contribution in [0.4, 0.5) is 0 Å². The maximum absolute atomic E-state index is 11.9. The number of ether oxygens (including phenoxy) is 2. The van der Waals surface area contributed by atoms with Gasteiger partial charge in [0.25, 0.3) is 5.91 Å². The van der Waals surface area contributed by atoms with Gasteiger partial charge in [0.15, 0.2) is 16.4 Å². The van der Waals surface area contributed by atoms with Crippen molar-refractivity contribution in [3.05, 3.63) is 29.3 Å². The van der Waals surface area contributed by atoms with Crippen LogP contribution in [-0.2, 0) is 35.4 Å². The van der Waals surface area contributed by atoms with Crippen molar-refractivity contribution in [2.75, 3.05) is 25.2 Å². The van der Waals surface area contributed by atoms with Crippen LogP contribution in [0.25, 0.3) is 0 Å². The molecule has 28 heavy (non-hydrogen) atoms. The molecule has 1 aliphatic heterocycles. The molecule has 9 nitrogen and oxygen atoms in total. The number of methoxy groups -OCH3 is 1. The van der Waals surface area contributed by atoms with Crippen molar-refractivity contribution in [1.29, 1.82) is 0 Å². The second kappa shape index (κ2) is 9.54. The normalized spacial score (nSPS) is 17.6. The molecule has 10 heteroatoms. The van der Waals surface area contributed by atoms with E-state index in [-0.39, 0.29) is 30.3 Å². The summed E-state index contributed by atoms with van der Waals surface area (Å²) in [6.07, 6.45) is 0.386. The Balaban J connectivity index is 1.70. The lowest BCUT2D eigenvalue weighted by atomic mass is 10.1. The molecule has 1 atom stereocenters. The summed E-state index contributed by atoms with van der Waals surface area (Å²) in [5, 5.41) is 0.